The molecule has 0 aliphatic rings. The zero-order valence-electron chi connectivity index (χ0n) is 11.8. The van der Waals surface area contributed by atoms with Crippen LogP contribution >= 0.6 is 11.6 Å². The van der Waals surface area contributed by atoms with Gasteiger partial charge in [0.25, 0.3) is 0 Å². The van der Waals surface area contributed by atoms with Gasteiger partial charge in [-0.15, -0.1) is 21.8 Å². The maximum absolute atomic E-state index is 5.90. The summed E-state index contributed by atoms with van der Waals surface area (Å²) < 4.78 is 1.93. The minimum absolute atomic E-state index is 0.0957. The number of alkyl halides is 1. The number of rotatable bonds is 4. The van der Waals surface area contributed by atoms with Crippen LogP contribution in [0.2, 0.25) is 0 Å². The van der Waals surface area contributed by atoms with Gasteiger partial charge in [-0.25, -0.2) is 4.98 Å². The Hall–Kier alpha value is -1.36. The van der Waals surface area contributed by atoms with Crippen LogP contribution in [0.25, 0.3) is 5.65 Å². The van der Waals surface area contributed by atoms with E-state index in [2.05, 4.69) is 41.3 Å². The number of hydrogen-bond donors (Lipinski definition) is 1. The zero-order chi connectivity index (χ0) is 14.0. The molecule has 0 spiro atoms. The summed E-state index contributed by atoms with van der Waals surface area (Å²) in [5.74, 6) is 2.22. The molecule has 1 atom stereocenters. The van der Waals surface area contributed by atoms with Crippen molar-refractivity contribution in [3.05, 3.63) is 18.2 Å². The first-order valence-corrected chi connectivity index (χ1v) is 6.96. The average molecular weight is 282 g/mol. The second-order valence-corrected chi connectivity index (χ2v) is 6.14. The minimum Gasteiger partial charge on any atom is -0.364 e. The fourth-order valence-corrected chi connectivity index (χ4v) is 2.26. The smallest absolute Gasteiger partial charge is 0.203 e. The van der Waals surface area contributed by atoms with Crippen LogP contribution in [0.4, 0.5) is 5.82 Å². The van der Waals surface area contributed by atoms with E-state index in [-0.39, 0.29) is 11.5 Å². The third-order valence-corrected chi connectivity index (χ3v) is 3.47. The molecule has 2 heterocycles. The number of aromatic nitrogens is 4. The van der Waals surface area contributed by atoms with Gasteiger partial charge >= 0.3 is 0 Å². The third kappa shape index (κ3) is 2.97. The van der Waals surface area contributed by atoms with E-state index in [1.165, 1.54) is 0 Å². The van der Waals surface area contributed by atoms with Crippen LogP contribution < -0.4 is 5.32 Å². The van der Waals surface area contributed by atoms with Crippen molar-refractivity contribution in [3.63, 3.8) is 0 Å². The van der Waals surface area contributed by atoms with Gasteiger partial charge in [0.15, 0.2) is 5.82 Å². The Balaban J connectivity index is 2.34. The summed E-state index contributed by atoms with van der Waals surface area (Å²) in [4.78, 5) is 4.38. The summed E-state index contributed by atoms with van der Waals surface area (Å²) in [5.41, 5.74) is 0.849. The maximum atomic E-state index is 5.90. The van der Waals surface area contributed by atoms with E-state index in [0.29, 0.717) is 5.88 Å². The zero-order valence-corrected chi connectivity index (χ0v) is 12.6. The van der Waals surface area contributed by atoms with Crippen molar-refractivity contribution in [1.29, 1.82) is 0 Å². The van der Waals surface area contributed by atoms with E-state index >= 15 is 0 Å². The van der Waals surface area contributed by atoms with E-state index in [4.69, 9.17) is 11.6 Å². The van der Waals surface area contributed by atoms with Gasteiger partial charge in [-0.1, -0.05) is 20.8 Å². The summed E-state index contributed by atoms with van der Waals surface area (Å²) in [7, 11) is 0. The van der Waals surface area contributed by atoms with Crippen LogP contribution in [0.5, 0.6) is 0 Å². The number of aryl methyl sites for hydroxylation is 1. The van der Waals surface area contributed by atoms with Gasteiger partial charge in [-0.3, -0.25) is 4.40 Å². The Morgan fingerprint density at radius 2 is 2.11 bits per heavy atom. The highest BCUT2D eigenvalue weighted by molar-refractivity contribution is 6.17. The molecule has 2 aromatic heterocycles. The van der Waals surface area contributed by atoms with Crippen molar-refractivity contribution in [2.75, 3.05) is 11.2 Å². The fraction of sp³-hybridized carbons (Fsp3) is 0.615. The first-order chi connectivity index (χ1) is 8.93. The van der Waals surface area contributed by atoms with Crippen molar-refractivity contribution < 1.29 is 0 Å². The predicted molar refractivity (Wildman–Crippen MR) is 77.7 cm³/mol. The average Bonchev–Trinajstić information content (AvgIpc) is 2.71. The van der Waals surface area contributed by atoms with Crippen LogP contribution in [0.3, 0.4) is 0 Å². The Kier molecular flexibility index (Phi) is 3.94. The number of nitrogens with zero attached hydrogens (tertiary/aromatic N) is 4. The van der Waals surface area contributed by atoms with Gasteiger partial charge in [-0.2, -0.15) is 0 Å². The first kappa shape index (κ1) is 14.1. The maximum Gasteiger partial charge on any atom is 0.203 e. The van der Waals surface area contributed by atoms with E-state index in [0.717, 1.165) is 23.7 Å². The van der Waals surface area contributed by atoms with Crippen LogP contribution in [-0.4, -0.2) is 31.5 Å². The van der Waals surface area contributed by atoms with Gasteiger partial charge < -0.3 is 5.32 Å². The Morgan fingerprint density at radius 1 is 1.37 bits per heavy atom. The second-order valence-electron chi connectivity index (χ2n) is 5.76. The third-order valence-electron chi connectivity index (χ3n) is 3.25. The molecule has 2 aromatic rings. The summed E-state index contributed by atoms with van der Waals surface area (Å²) in [6, 6.07) is 0.237. The standard InChI is InChI=1S/C13H20ClN5/c1-9-17-18-12-11(15-7-8-19(9)12)16-10(5-6-14)13(2,3)4/h7-8,10H,5-6H2,1-4H3,(H,15,16). The summed E-state index contributed by atoms with van der Waals surface area (Å²) in [6.45, 7) is 8.48. The number of nitrogens with one attached hydrogen (secondary N) is 1. The highest BCUT2D eigenvalue weighted by Crippen LogP contribution is 2.26. The monoisotopic (exact) mass is 281 g/mol. The molecule has 0 aliphatic carbocycles. The van der Waals surface area contributed by atoms with E-state index in [9.17, 15) is 0 Å². The molecule has 1 unspecified atom stereocenters. The van der Waals surface area contributed by atoms with Gasteiger partial charge in [0.05, 0.1) is 0 Å². The molecule has 19 heavy (non-hydrogen) atoms. The van der Waals surface area contributed by atoms with E-state index < -0.39 is 0 Å². The lowest BCUT2D eigenvalue weighted by molar-refractivity contribution is 0.334. The van der Waals surface area contributed by atoms with E-state index in [1.54, 1.807) is 6.20 Å². The van der Waals surface area contributed by atoms with Gasteiger partial charge in [0.1, 0.15) is 5.82 Å². The molecule has 0 saturated carbocycles. The molecule has 0 aromatic carbocycles. The predicted octanol–water partition coefficient (Wildman–Crippen LogP) is 2.89. The molecular formula is C13H20ClN5. The van der Waals surface area contributed by atoms with Crippen molar-refractivity contribution >= 4 is 23.1 Å². The fourth-order valence-electron chi connectivity index (χ4n) is 2.04. The molecule has 0 radical (unpaired) electrons. The summed E-state index contributed by atoms with van der Waals surface area (Å²) >= 11 is 5.90. The summed E-state index contributed by atoms with van der Waals surface area (Å²) in [5, 5.41) is 11.7. The summed E-state index contributed by atoms with van der Waals surface area (Å²) in [6.07, 6.45) is 4.50. The van der Waals surface area contributed by atoms with Crippen molar-refractivity contribution in [2.24, 2.45) is 5.41 Å². The Bertz CT molecular complexity index is 558. The van der Waals surface area contributed by atoms with Gasteiger partial charge in [-0.05, 0) is 18.8 Å². The Morgan fingerprint density at radius 3 is 2.74 bits per heavy atom. The number of halogens is 1. The quantitative estimate of drug-likeness (QED) is 0.876. The lowest BCUT2D eigenvalue weighted by Crippen LogP contribution is -2.34. The number of hydrogen-bond acceptors (Lipinski definition) is 4. The molecule has 2 rings (SSSR count). The lowest BCUT2D eigenvalue weighted by atomic mass is 9.85. The normalized spacial score (nSPS) is 13.7. The molecule has 1 N–H and O–H groups in total. The SMILES string of the molecule is Cc1nnc2c(NC(CCCl)C(C)(C)C)nccn12. The largest absolute Gasteiger partial charge is 0.364 e. The molecule has 0 amide bonds. The van der Waals surface area contributed by atoms with Crippen LogP contribution in [0.1, 0.15) is 33.0 Å². The van der Waals surface area contributed by atoms with Crippen molar-refractivity contribution in [3.8, 4) is 0 Å². The second kappa shape index (κ2) is 5.33. The molecule has 5 nitrogen and oxygen atoms in total. The molecule has 6 heteroatoms. The van der Waals surface area contributed by atoms with Gasteiger partial charge in [0.2, 0.25) is 5.65 Å². The van der Waals surface area contributed by atoms with E-state index in [1.807, 2.05) is 17.5 Å². The molecule has 104 valence electrons. The molecule has 0 bridgehead atoms. The Labute approximate surface area is 118 Å². The van der Waals surface area contributed by atoms with Crippen molar-refractivity contribution in [2.45, 2.75) is 40.2 Å². The molecular weight excluding hydrogens is 262 g/mol. The van der Waals surface area contributed by atoms with Crippen LogP contribution in [0.15, 0.2) is 12.4 Å². The lowest BCUT2D eigenvalue weighted by Gasteiger charge is -2.31. The molecule has 0 aliphatic heterocycles. The van der Waals surface area contributed by atoms with Crippen LogP contribution in [-0.2, 0) is 0 Å². The first-order valence-electron chi connectivity index (χ1n) is 6.42. The molecule has 0 fully saturated rings. The highest BCUT2D eigenvalue weighted by atomic mass is 35.5. The highest BCUT2D eigenvalue weighted by Gasteiger charge is 2.25. The topological polar surface area (TPSA) is 55.1 Å². The van der Waals surface area contributed by atoms with Gasteiger partial charge in [0, 0.05) is 24.3 Å². The number of fused-ring (bicyclic) bond motifs is 1. The van der Waals surface area contributed by atoms with Crippen molar-refractivity contribution in [1.82, 2.24) is 19.6 Å². The molecule has 0 saturated heterocycles. The number of anilines is 1. The van der Waals surface area contributed by atoms with Crippen LogP contribution in [0, 0.1) is 12.3 Å². The minimum atomic E-state index is 0.0957.